The Kier molecular flexibility index (Phi) is 7.13. The Labute approximate surface area is 178 Å². The molecule has 0 bridgehead atoms. The van der Waals surface area contributed by atoms with Gasteiger partial charge in [0, 0.05) is 25.8 Å². The van der Waals surface area contributed by atoms with Crippen LogP contribution in [-0.4, -0.2) is 50.6 Å². The van der Waals surface area contributed by atoms with Crippen molar-refractivity contribution in [2.24, 2.45) is 0 Å². The van der Waals surface area contributed by atoms with Crippen LogP contribution in [0.3, 0.4) is 0 Å². The molecular weight excluding hydrogens is 459 g/mol. The van der Waals surface area contributed by atoms with Gasteiger partial charge < -0.3 is 5.32 Å². The summed E-state index contributed by atoms with van der Waals surface area (Å²) in [6.45, 7) is 3.25. The van der Waals surface area contributed by atoms with E-state index in [4.69, 9.17) is 0 Å². The molecule has 0 saturated heterocycles. The van der Waals surface area contributed by atoms with Crippen LogP contribution in [0.1, 0.15) is 29.8 Å². The molecule has 0 atom stereocenters. The summed E-state index contributed by atoms with van der Waals surface area (Å²) in [6, 6.07) is 7.31. The fraction of sp³-hybridized carbons (Fsp3) is 0.333. The number of hydrogen-bond acceptors (Lipinski definition) is 6. The summed E-state index contributed by atoms with van der Waals surface area (Å²) in [5.74, 6) is -1.08. The van der Waals surface area contributed by atoms with E-state index in [0.29, 0.717) is 5.56 Å². The average molecular weight is 480 g/mol. The lowest BCUT2D eigenvalue weighted by Crippen LogP contribution is -2.33. The Bertz CT molecular complexity index is 1160. The second-order valence-corrected chi connectivity index (χ2v) is 10.6. The maximum Gasteiger partial charge on any atom is 0.503 e. The molecule has 13 heteroatoms. The average Bonchev–Trinajstić information content (AvgIpc) is 2.70. The lowest BCUT2D eigenvalue weighted by Gasteiger charge is -2.21. The first kappa shape index (κ1) is 24.8. The van der Waals surface area contributed by atoms with E-state index in [9.17, 15) is 34.8 Å². The molecule has 31 heavy (non-hydrogen) atoms. The highest BCUT2D eigenvalue weighted by molar-refractivity contribution is 7.92. The van der Waals surface area contributed by atoms with Crippen molar-refractivity contribution in [2.75, 3.05) is 7.05 Å². The minimum absolute atomic E-state index is 0.0320. The number of carbonyl (C=O) groups excluding carboxylic acids is 1. The number of sulfone groups is 1. The Morgan fingerprint density at radius 1 is 1.10 bits per heavy atom. The van der Waals surface area contributed by atoms with E-state index in [1.807, 2.05) is 0 Å². The van der Waals surface area contributed by atoms with Gasteiger partial charge in [-0.3, -0.25) is 4.79 Å². The van der Waals surface area contributed by atoms with Gasteiger partial charge in [-0.2, -0.15) is 17.5 Å². The van der Waals surface area contributed by atoms with Gasteiger partial charge in [-0.05, 0) is 43.7 Å². The molecule has 2 rings (SSSR count). The molecule has 1 heterocycles. The first-order chi connectivity index (χ1) is 14.2. The van der Waals surface area contributed by atoms with Crippen LogP contribution in [0.2, 0.25) is 0 Å². The third-order valence-corrected chi connectivity index (χ3v) is 7.85. The molecule has 1 aromatic carbocycles. The molecule has 0 saturated carbocycles. The van der Waals surface area contributed by atoms with Crippen molar-refractivity contribution >= 4 is 25.8 Å². The number of carbonyl (C=O) groups is 1. The molecule has 0 fully saturated rings. The quantitative estimate of drug-likeness (QED) is 0.652. The molecule has 2 aromatic rings. The lowest BCUT2D eigenvalue weighted by atomic mass is 10.2. The third kappa shape index (κ3) is 5.22. The maximum absolute atomic E-state index is 12.8. The van der Waals surface area contributed by atoms with E-state index in [1.165, 1.54) is 35.6 Å². The van der Waals surface area contributed by atoms with E-state index >= 15 is 0 Å². The van der Waals surface area contributed by atoms with Crippen molar-refractivity contribution in [1.82, 2.24) is 14.6 Å². The molecular formula is C18H20F3N3O5S2. The van der Waals surface area contributed by atoms with Gasteiger partial charge in [-0.1, -0.05) is 12.1 Å². The fourth-order valence-corrected chi connectivity index (χ4v) is 4.62. The van der Waals surface area contributed by atoms with Gasteiger partial charge in [0.05, 0.1) is 10.5 Å². The Balaban J connectivity index is 2.20. The minimum atomic E-state index is -5.82. The lowest BCUT2D eigenvalue weighted by molar-refractivity contribution is -0.0438. The molecule has 0 aliphatic heterocycles. The Hall–Kier alpha value is -2.51. The van der Waals surface area contributed by atoms with Gasteiger partial charge >= 0.3 is 5.51 Å². The monoisotopic (exact) mass is 479 g/mol. The van der Waals surface area contributed by atoms with Crippen molar-refractivity contribution < 1.29 is 34.8 Å². The Morgan fingerprint density at radius 3 is 2.19 bits per heavy atom. The smallest absolute Gasteiger partial charge is 0.348 e. The summed E-state index contributed by atoms with van der Waals surface area (Å²) < 4.78 is 87.9. The maximum atomic E-state index is 12.8. The van der Waals surface area contributed by atoms with E-state index in [0.717, 1.165) is 18.3 Å². The molecule has 170 valence electrons. The zero-order valence-corrected chi connectivity index (χ0v) is 18.3. The Morgan fingerprint density at radius 2 is 1.68 bits per heavy atom. The molecule has 0 aliphatic rings. The molecule has 0 spiro atoms. The van der Waals surface area contributed by atoms with Crippen LogP contribution in [0.5, 0.6) is 0 Å². The van der Waals surface area contributed by atoms with Gasteiger partial charge in [0.15, 0.2) is 5.03 Å². The number of aromatic nitrogens is 1. The highest BCUT2D eigenvalue weighted by Gasteiger charge is 2.49. The number of hydrogen-bond donors (Lipinski definition) is 1. The van der Waals surface area contributed by atoms with Crippen LogP contribution < -0.4 is 5.32 Å². The first-order valence-corrected chi connectivity index (χ1v) is 11.7. The summed E-state index contributed by atoms with van der Waals surface area (Å²) in [5.41, 5.74) is -5.91. The van der Waals surface area contributed by atoms with Crippen molar-refractivity contribution in [2.45, 2.75) is 41.9 Å². The van der Waals surface area contributed by atoms with Gasteiger partial charge in [0.25, 0.3) is 15.7 Å². The second kappa shape index (κ2) is 8.93. The van der Waals surface area contributed by atoms with Crippen LogP contribution in [0.25, 0.3) is 0 Å². The molecule has 8 nitrogen and oxygen atoms in total. The minimum Gasteiger partial charge on any atom is -0.348 e. The molecule has 0 radical (unpaired) electrons. The van der Waals surface area contributed by atoms with Crippen molar-refractivity contribution in [1.29, 1.82) is 0 Å². The van der Waals surface area contributed by atoms with Gasteiger partial charge in [-0.15, -0.1) is 0 Å². The van der Waals surface area contributed by atoms with Gasteiger partial charge in [0.2, 0.25) is 10.0 Å². The highest BCUT2D eigenvalue weighted by atomic mass is 32.2. The molecule has 0 aliphatic carbocycles. The summed E-state index contributed by atoms with van der Waals surface area (Å²) in [5, 5.41) is 0.917. The van der Waals surface area contributed by atoms with E-state index in [-0.39, 0.29) is 17.5 Å². The van der Waals surface area contributed by atoms with Crippen LogP contribution in [0.15, 0.2) is 52.5 Å². The number of alkyl halides is 3. The second-order valence-electron chi connectivity index (χ2n) is 6.75. The number of halogens is 3. The van der Waals surface area contributed by atoms with Crippen molar-refractivity contribution in [3.05, 3.63) is 53.7 Å². The van der Waals surface area contributed by atoms with Crippen molar-refractivity contribution in [3.8, 4) is 0 Å². The summed E-state index contributed by atoms with van der Waals surface area (Å²) >= 11 is 0. The number of nitrogens with zero attached hydrogens (tertiary/aromatic N) is 2. The van der Waals surface area contributed by atoms with Gasteiger partial charge in [-0.25, -0.2) is 21.8 Å². The molecule has 1 amide bonds. The number of rotatable bonds is 7. The van der Waals surface area contributed by atoms with Crippen LogP contribution in [-0.2, 0) is 26.4 Å². The summed E-state index contributed by atoms with van der Waals surface area (Å²) in [7, 11) is -8.08. The van der Waals surface area contributed by atoms with Crippen LogP contribution in [0.4, 0.5) is 13.2 Å². The highest BCUT2D eigenvalue weighted by Crippen LogP contribution is 2.30. The fourth-order valence-electron chi connectivity index (χ4n) is 2.39. The number of pyridine rings is 1. The van der Waals surface area contributed by atoms with E-state index < -0.39 is 41.9 Å². The topological polar surface area (TPSA) is 114 Å². The molecule has 1 aromatic heterocycles. The normalized spacial score (nSPS) is 12.9. The molecule has 0 unspecified atom stereocenters. The zero-order chi connectivity index (χ0) is 23.6. The third-order valence-electron chi connectivity index (χ3n) is 4.36. The van der Waals surface area contributed by atoms with Gasteiger partial charge in [0.1, 0.15) is 0 Å². The first-order valence-electron chi connectivity index (χ1n) is 8.81. The number of benzene rings is 1. The zero-order valence-electron chi connectivity index (χ0n) is 16.7. The van der Waals surface area contributed by atoms with Crippen LogP contribution in [0, 0.1) is 0 Å². The van der Waals surface area contributed by atoms with E-state index in [2.05, 4.69) is 10.3 Å². The van der Waals surface area contributed by atoms with E-state index in [1.54, 1.807) is 13.8 Å². The summed E-state index contributed by atoms with van der Waals surface area (Å²) in [6.07, 6.45) is 0.836. The van der Waals surface area contributed by atoms with Crippen molar-refractivity contribution in [3.63, 3.8) is 0 Å². The van der Waals surface area contributed by atoms with Crippen LogP contribution >= 0.6 is 0 Å². The standard InChI is InChI=1S/C18H20F3N3O5S2/c1-12(2)24(3)31(28,29)14-8-6-13(7-9-14)11-23-16(25)15-5-4-10-22-17(15)30(26,27)18(19,20)21/h4-10,12H,11H2,1-3H3,(H,23,25). The SMILES string of the molecule is CC(C)N(C)S(=O)(=O)c1ccc(CNC(=O)c2cccnc2S(=O)(=O)C(F)(F)F)cc1. The largest absolute Gasteiger partial charge is 0.503 e. The number of amides is 1. The predicted octanol–water partition coefficient (Wildman–Crippen LogP) is 2.33. The number of nitrogens with one attached hydrogen (secondary N) is 1. The number of sulfonamides is 1. The summed E-state index contributed by atoms with van der Waals surface area (Å²) in [4.78, 5) is 15.6. The predicted molar refractivity (Wildman–Crippen MR) is 105 cm³/mol. The molecule has 1 N–H and O–H groups in total.